The van der Waals surface area contributed by atoms with Crippen LogP contribution in [0.4, 0.5) is 0 Å². The first-order chi connectivity index (χ1) is 9.16. The Morgan fingerprint density at radius 2 is 2.05 bits per heavy atom. The molecular weight excluding hydrogens is 240 g/mol. The van der Waals surface area contributed by atoms with Crippen LogP contribution >= 0.6 is 0 Å². The van der Waals surface area contributed by atoms with Crippen LogP contribution in [-0.4, -0.2) is 37.7 Å². The third-order valence-electron chi connectivity index (χ3n) is 5.06. The Morgan fingerprint density at radius 1 is 1.26 bits per heavy atom. The second-order valence-electron chi connectivity index (χ2n) is 6.97. The molecule has 2 aliphatic heterocycles. The maximum absolute atomic E-state index is 12.2. The average Bonchev–Trinajstić information content (AvgIpc) is 2.42. The van der Waals surface area contributed by atoms with Crippen LogP contribution in [0.25, 0.3) is 0 Å². The van der Waals surface area contributed by atoms with E-state index in [1.54, 1.807) is 0 Å². The van der Waals surface area contributed by atoms with E-state index in [2.05, 4.69) is 17.6 Å². The fourth-order valence-electron chi connectivity index (χ4n) is 3.68. The summed E-state index contributed by atoms with van der Waals surface area (Å²) in [6, 6.07) is 0.616. The zero-order chi connectivity index (χ0) is 13.3. The van der Waals surface area contributed by atoms with Crippen LogP contribution in [0.5, 0.6) is 0 Å². The maximum Gasteiger partial charge on any atom is 0.237 e. The number of carbonyl (C=O) groups is 1. The first kappa shape index (κ1) is 13.4. The molecule has 2 saturated heterocycles. The molecule has 3 aliphatic rings. The molecule has 19 heavy (non-hydrogen) atoms. The standard InChI is InChI=1S/C15H26N2O2/c1-15(9-19-10-15)8-16-14(18)13-7-6-11-4-2-3-5-12(11)17-13/h11-13,17H,2-10H2,1H3,(H,16,18). The lowest BCUT2D eigenvalue weighted by Crippen LogP contribution is -2.57. The van der Waals surface area contributed by atoms with E-state index in [1.165, 1.54) is 32.1 Å². The summed E-state index contributed by atoms with van der Waals surface area (Å²) < 4.78 is 5.22. The molecule has 2 heterocycles. The van der Waals surface area contributed by atoms with Crippen molar-refractivity contribution in [1.29, 1.82) is 0 Å². The second kappa shape index (κ2) is 5.41. The molecule has 3 fully saturated rings. The largest absolute Gasteiger partial charge is 0.380 e. The summed E-state index contributed by atoms with van der Waals surface area (Å²) in [5.41, 5.74) is 0.164. The summed E-state index contributed by atoms with van der Waals surface area (Å²) in [6.07, 6.45) is 7.51. The predicted molar refractivity (Wildman–Crippen MR) is 73.8 cm³/mol. The highest BCUT2D eigenvalue weighted by atomic mass is 16.5. The Bertz CT molecular complexity index is 341. The van der Waals surface area contributed by atoms with Gasteiger partial charge < -0.3 is 15.4 Å². The highest BCUT2D eigenvalue weighted by Crippen LogP contribution is 2.32. The summed E-state index contributed by atoms with van der Waals surface area (Å²) >= 11 is 0. The minimum absolute atomic E-state index is 0.0314. The smallest absolute Gasteiger partial charge is 0.237 e. The van der Waals surface area contributed by atoms with E-state index in [1.807, 2.05) is 0 Å². The molecule has 108 valence electrons. The van der Waals surface area contributed by atoms with E-state index in [0.29, 0.717) is 6.04 Å². The van der Waals surface area contributed by atoms with Crippen LogP contribution in [0.1, 0.15) is 45.4 Å². The molecule has 4 nitrogen and oxygen atoms in total. The Kier molecular flexibility index (Phi) is 3.81. The van der Waals surface area contributed by atoms with Crippen LogP contribution in [0.2, 0.25) is 0 Å². The van der Waals surface area contributed by atoms with Crippen molar-refractivity contribution in [1.82, 2.24) is 10.6 Å². The van der Waals surface area contributed by atoms with E-state index in [9.17, 15) is 4.79 Å². The fraction of sp³-hybridized carbons (Fsp3) is 0.933. The molecule has 0 bridgehead atoms. The number of piperidine rings is 1. The second-order valence-corrected chi connectivity index (χ2v) is 6.97. The van der Waals surface area contributed by atoms with Crippen LogP contribution in [0, 0.1) is 11.3 Å². The number of hydrogen-bond acceptors (Lipinski definition) is 3. The number of carbonyl (C=O) groups excluding carboxylic acids is 1. The lowest BCUT2D eigenvalue weighted by Gasteiger charge is -2.41. The van der Waals surface area contributed by atoms with E-state index < -0.39 is 0 Å². The Hall–Kier alpha value is -0.610. The Balaban J connectivity index is 1.47. The highest BCUT2D eigenvalue weighted by Gasteiger charge is 2.37. The topological polar surface area (TPSA) is 50.4 Å². The number of amides is 1. The van der Waals surface area contributed by atoms with Gasteiger partial charge in [0.05, 0.1) is 19.3 Å². The fourth-order valence-corrected chi connectivity index (χ4v) is 3.68. The van der Waals surface area contributed by atoms with Crippen LogP contribution < -0.4 is 10.6 Å². The van der Waals surface area contributed by atoms with Gasteiger partial charge in [-0.05, 0) is 31.6 Å². The SMILES string of the molecule is CC1(CNC(=O)C2CCC3CCCCC3N2)COC1. The molecule has 1 aliphatic carbocycles. The van der Waals surface area contributed by atoms with Crippen molar-refractivity contribution in [3.8, 4) is 0 Å². The van der Waals surface area contributed by atoms with Gasteiger partial charge in [-0.3, -0.25) is 4.79 Å². The van der Waals surface area contributed by atoms with Crippen LogP contribution in [-0.2, 0) is 9.53 Å². The van der Waals surface area contributed by atoms with E-state index in [-0.39, 0.29) is 17.4 Å². The van der Waals surface area contributed by atoms with Crippen molar-refractivity contribution in [2.45, 2.75) is 57.5 Å². The summed E-state index contributed by atoms with van der Waals surface area (Å²) in [5, 5.41) is 6.69. The van der Waals surface area contributed by atoms with E-state index >= 15 is 0 Å². The molecule has 3 atom stereocenters. The van der Waals surface area contributed by atoms with Gasteiger partial charge in [0.2, 0.25) is 5.91 Å². The third-order valence-corrected chi connectivity index (χ3v) is 5.06. The maximum atomic E-state index is 12.2. The van der Waals surface area contributed by atoms with Crippen molar-refractivity contribution in [2.75, 3.05) is 19.8 Å². The zero-order valence-corrected chi connectivity index (χ0v) is 11.9. The number of nitrogens with one attached hydrogen (secondary N) is 2. The number of fused-ring (bicyclic) bond motifs is 1. The zero-order valence-electron chi connectivity index (χ0n) is 11.9. The summed E-state index contributed by atoms with van der Waals surface area (Å²) in [5.74, 6) is 1.01. The molecule has 3 unspecified atom stereocenters. The van der Waals surface area contributed by atoms with E-state index in [0.717, 1.165) is 32.1 Å². The van der Waals surface area contributed by atoms with Gasteiger partial charge in [-0.25, -0.2) is 0 Å². The summed E-state index contributed by atoms with van der Waals surface area (Å²) in [7, 11) is 0. The van der Waals surface area contributed by atoms with Gasteiger partial charge in [0.1, 0.15) is 0 Å². The molecule has 0 radical (unpaired) electrons. The number of ether oxygens (including phenoxy) is 1. The molecular formula is C15H26N2O2. The van der Waals surface area contributed by atoms with Gasteiger partial charge in [0.25, 0.3) is 0 Å². The molecule has 0 spiro atoms. The first-order valence-electron chi connectivity index (χ1n) is 7.78. The Morgan fingerprint density at radius 3 is 2.79 bits per heavy atom. The van der Waals surface area contributed by atoms with Gasteiger partial charge in [-0.1, -0.05) is 19.8 Å². The molecule has 0 aromatic rings. The van der Waals surface area contributed by atoms with Gasteiger partial charge in [-0.2, -0.15) is 0 Å². The molecule has 1 amide bonds. The monoisotopic (exact) mass is 266 g/mol. The summed E-state index contributed by atoms with van der Waals surface area (Å²) in [4.78, 5) is 12.2. The predicted octanol–water partition coefficient (Wildman–Crippen LogP) is 1.45. The lowest BCUT2D eigenvalue weighted by molar-refractivity contribution is -0.129. The Labute approximate surface area is 115 Å². The van der Waals surface area contributed by atoms with E-state index in [4.69, 9.17) is 4.74 Å². The van der Waals surface area contributed by atoms with Crippen LogP contribution in [0.3, 0.4) is 0 Å². The first-order valence-corrected chi connectivity index (χ1v) is 7.78. The average molecular weight is 266 g/mol. The van der Waals surface area contributed by atoms with Gasteiger partial charge in [0, 0.05) is 18.0 Å². The van der Waals surface area contributed by atoms with Gasteiger partial charge in [0.15, 0.2) is 0 Å². The van der Waals surface area contributed by atoms with Crippen molar-refractivity contribution >= 4 is 5.91 Å². The third kappa shape index (κ3) is 2.95. The molecule has 0 aromatic heterocycles. The minimum atomic E-state index is 0.0314. The van der Waals surface area contributed by atoms with Gasteiger partial charge in [-0.15, -0.1) is 0 Å². The normalized spacial score (nSPS) is 37.0. The highest BCUT2D eigenvalue weighted by molar-refractivity contribution is 5.81. The molecule has 1 saturated carbocycles. The van der Waals surface area contributed by atoms with Crippen LogP contribution in [0.15, 0.2) is 0 Å². The number of rotatable bonds is 3. The lowest BCUT2D eigenvalue weighted by atomic mass is 9.77. The van der Waals surface area contributed by atoms with Crippen molar-refractivity contribution in [2.24, 2.45) is 11.3 Å². The molecule has 0 aromatic carbocycles. The molecule has 4 heteroatoms. The quantitative estimate of drug-likeness (QED) is 0.813. The van der Waals surface area contributed by atoms with Gasteiger partial charge >= 0.3 is 0 Å². The van der Waals surface area contributed by atoms with Crippen molar-refractivity contribution in [3.05, 3.63) is 0 Å². The van der Waals surface area contributed by atoms with Crippen molar-refractivity contribution < 1.29 is 9.53 Å². The molecule has 2 N–H and O–H groups in total. The molecule has 3 rings (SSSR count). The minimum Gasteiger partial charge on any atom is -0.380 e. The number of hydrogen-bond donors (Lipinski definition) is 2. The van der Waals surface area contributed by atoms with Crippen molar-refractivity contribution in [3.63, 3.8) is 0 Å². The summed E-state index contributed by atoms with van der Waals surface area (Å²) in [6.45, 7) is 4.46.